The van der Waals surface area contributed by atoms with Crippen molar-refractivity contribution in [3.05, 3.63) is 45.1 Å². The molecule has 0 bridgehead atoms. The molecule has 0 amide bonds. The molecule has 1 heterocycles. The number of thiophene rings is 1. The summed E-state index contributed by atoms with van der Waals surface area (Å²) < 4.78 is 0.829. The van der Waals surface area contributed by atoms with Crippen molar-refractivity contribution in [2.24, 2.45) is 0 Å². The fourth-order valence-corrected chi connectivity index (χ4v) is 3.26. The molecule has 0 atom stereocenters. The zero-order valence-corrected chi connectivity index (χ0v) is 10.2. The summed E-state index contributed by atoms with van der Waals surface area (Å²) in [4.78, 5) is 2.19. The summed E-state index contributed by atoms with van der Waals surface area (Å²) in [5.41, 5.74) is 0. The van der Waals surface area contributed by atoms with E-state index < -0.39 is 0 Å². The first-order valence-corrected chi connectivity index (χ1v) is 6.37. The Balaban J connectivity index is 2.23. The maximum atomic E-state index is 5.99. The zero-order chi connectivity index (χ0) is 9.97. The van der Waals surface area contributed by atoms with Crippen LogP contribution in [0, 0.1) is 0 Å². The van der Waals surface area contributed by atoms with E-state index in [0.717, 1.165) is 19.1 Å². The first kappa shape index (κ1) is 10.4. The Morgan fingerprint density at radius 1 is 1.14 bits per heavy atom. The van der Waals surface area contributed by atoms with E-state index in [-0.39, 0.29) is 0 Å². The van der Waals surface area contributed by atoms with Crippen LogP contribution in [0.2, 0.25) is 9.36 Å². The van der Waals surface area contributed by atoms with Gasteiger partial charge in [-0.1, -0.05) is 41.0 Å². The highest BCUT2D eigenvalue weighted by Crippen LogP contribution is 2.37. The first-order valence-electron chi connectivity index (χ1n) is 3.92. The van der Waals surface area contributed by atoms with E-state index in [1.165, 1.54) is 11.3 Å². The van der Waals surface area contributed by atoms with Crippen LogP contribution in [-0.4, -0.2) is 0 Å². The van der Waals surface area contributed by atoms with E-state index in [1.54, 1.807) is 11.8 Å². The molecule has 2 aromatic rings. The van der Waals surface area contributed by atoms with Crippen molar-refractivity contribution in [2.45, 2.75) is 9.79 Å². The lowest BCUT2D eigenvalue weighted by Crippen LogP contribution is -1.70. The molecule has 0 saturated carbocycles. The third-order valence-electron chi connectivity index (χ3n) is 1.61. The first-order chi connectivity index (χ1) is 6.75. The van der Waals surface area contributed by atoms with E-state index in [2.05, 4.69) is 0 Å². The average Bonchev–Trinajstić information content (AvgIpc) is 2.52. The number of halogens is 2. The van der Waals surface area contributed by atoms with Gasteiger partial charge in [0.15, 0.2) is 0 Å². The van der Waals surface area contributed by atoms with Gasteiger partial charge in [0.05, 0.1) is 0 Å². The van der Waals surface area contributed by atoms with Gasteiger partial charge in [-0.15, -0.1) is 11.3 Å². The zero-order valence-electron chi connectivity index (χ0n) is 7.04. The Morgan fingerprint density at radius 3 is 2.64 bits per heavy atom. The van der Waals surface area contributed by atoms with Gasteiger partial charge in [-0.3, -0.25) is 0 Å². The monoisotopic (exact) mass is 260 g/mol. The maximum absolute atomic E-state index is 5.99. The molecule has 0 spiro atoms. The Morgan fingerprint density at radius 2 is 2.00 bits per heavy atom. The van der Waals surface area contributed by atoms with Crippen LogP contribution in [0.4, 0.5) is 0 Å². The standard InChI is InChI=1S/C10H6Cl2S2/c11-7-2-1-3-8(6-7)14-9-4-5-13-10(9)12/h1-6H. The van der Waals surface area contributed by atoms with Crippen molar-refractivity contribution in [3.63, 3.8) is 0 Å². The highest BCUT2D eigenvalue weighted by atomic mass is 35.5. The molecule has 72 valence electrons. The van der Waals surface area contributed by atoms with E-state index in [1.807, 2.05) is 35.7 Å². The van der Waals surface area contributed by atoms with Crippen LogP contribution in [0.25, 0.3) is 0 Å². The van der Waals surface area contributed by atoms with Crippen LogP contribution < -0.4 is 0 Å². The Bertz CT molecular complexity index is 437. The third-order valence-corrected chi connectivity index (χ3v) is 4.30. The van der Waals surface area contributed by atoms with Gasteiger partial charge in [0, 0.05) is 14.8 Å². The summed E-state index contributed by atoms with van der Waals surface area (Å²) in [5, 5.41) is 2.73. The SMILES string of the molecule is Clc1cccc(Sc2ccsc2Cl)c1. The molecule has 14 heavy (non-hydrogen) atoms. The quantitative estimate of drug-likeness (QED) is 0.715. The molecule has 0 unspecified atom stereocenters. The van der Waals surface area contributed by atoms with Crippen molar-refractivity contribution in [2.75, 3.05) is 0 Å². The summed E-state index contributed by atoms with van der Waals surface area (Å²) in [6.45, 7) is 0. The van der Waals surface area contributed by atoms with Gasteiger partial charge >= 0.3 is 0 Å². The number of benzene rings is 1. The number of hydrogen-bond acceptors (Lipinski definition) is 2. The van der Waals surface area contributed by atoms with Gasteiger partial charge in [0.25, 0.3) is 0 Å². The van der Waals surface area contributed by atoms with Crippen LogP contribution in [-0.2, 0) is 0 Å². The van der Waals surface area contributed by atoms with Gasteiger partial charge in [-0.05, 0) is 29.6 Å². The Kier molecular flexibility index (Phi) is 3.39. The lowest BCUT2D eigenvalue weighted by Gasteiger charge is -1.99. The summed E-state index contributed by atoms with van der Waals surface area (Å²) in [6, 6.07) is 9.76. The van der Waals surface area contributed by atoms with E-state index in [4.69, 9.17) is 23.2 Å². The van der Waals surface area contributed by atoms with Crippen LogP contribution in [0.3, 0.4) is 0 Å². The lowest BCUT2D eigenvalue weighted by molar-refractivity contribution is 1.44. The van der Waals surface area contributed by atoms with Crippen molar-refractivity contribution in [1.82, 2.24) is 0 Å². The molecule has 0 nitrogen and oxygen atoms in total. The van der Waals surface area contributed by atoms with E-state index >= 15 is 0 Å². The largest absolute Gasteiger partial charge is 0.131 e. The van der Waals surface area contributed by atoms with Crippen molar-refractivity contribution in [3.8, 4) is 0 Å². The molecule has 1 aromatic heterocycles. The van der Waals surface area contributed by atoms with Crippen LogP contribution in [0.1, 0.15) is 0 Å². The minimum Gasteiger partial charge on any atom is -0.131 e. The second kappa shape index (κ2) is 4.58. The lowest BCUT2D eigenvalue weighted by atomic mass is 10.4. The molecule has 0 fully saturated rings. The molecule has 4 heteroatoms. The minimum atomic E-state index is 0.751. The number of hydrogen-bond donors (Lipinski definition) is 0. The summed E-state index contributed by atoms with van der Waals surface area (Å²) in [7, 11) is 0. The second-order valence-corrected chi connectivity index (χ2v) is 5.69. The molecular formula is C10H6Cl2S2. The van der Waals surface area contributed by atoms with Crippen molar-refractivity contribution < 1.29 is 0 Å². The smallest absolute Gasteiger partial charge is 0.107 e. The predicted molar refractivity (Wildman–Crippen MR) is 64.9 cm³/mol. The van der Waals surface area contributed by atoms with Crippen LogP contribution in [0.5, 0.6) is 0 Å². The maximum Gasteiger partial charge on any atom is 0.107 e. The fourth-order valence-electron chi connectivity index (χ4n) is 1.01. The summed E-state index contributed by atoms with van der Waals surface area (Å²) >= 11 is 15.0. The van der Waals surface area contributed by atoms with E-state index in [9.17, 15) is 0 Å². The predicted octanol–water partition coefficient (Wildman–Crippen LogP) is 5.21. The van der Waals surface area contributed by atoms with Crippen molar-refractivity contribution >= 4 is 46.3 Å². The molecule has 0 radical (unpaired) electrons. The highest BCUT2D eigenvalue weighted by Gasteiger charge is 2.03. The molecule has 0 N–H and O–H groups in total. The average molecular weight is 261 g/mol. The molecule has 2 rings (SSSR count). The summed E-state index contributed by atoms with van der Waals surface area (Å²) in [6.07, 6.45) is 0. The van der Waals surface area contributed by atoms with Crippen LogP contribution >= 0.6 is 46.3 Å². The molecule has 0 aliphatic heterocycles. The van der Waals surface area contributed by atoms with Gasteiger partial charge in [-0.2, -0.15) is 0 Å². The van der Waals surface area contributed by atoms with Gasteiger partial charge < -0.3 is 0 Å². The van der Waals surface area contributed by atoms with Gasteiger partial charge in [0.1, 0.15) is 4.34 Å². The summed E-state index contributed by atoms with van der Waals surface area (Å²) in [5.74, 6) is 0. The molecule has 0 saturated heterocycles. The molecule has 0 aliphatic rings. The van der Waals surface area contributed by atoms with Crippen LogP contribution in [0.15, 0.2) is 45.5 Å². The fraction of sp³-hybridized carbons (Fsp3) is 0. The van der Waals surface area contributed by atoms with Gasteiger partial charge in [-0.25, -0.2) is 0 Å². The topological polar surface area (TPSA) is 0 Å². The Hall–Kier alpha value is -0.150. The van der Waals surface area contributed by atoms with E-state index in [0.29, 0.717) is 0 Å². The Labute approximate surface area is 101 Å². The number of rotatable bonds is 2. The van der Waals surface area contributed by atoms with Crippen molar-refractivity contribution in [1.29, 1.82) is 0 Å². The molecular weight excluding hydrogens is 255 g/mol. The molecule has 1 aromatic carbocycles. The normalized spacial score (nSPS) is 10.4. The molecule has 0 aliphatic carbocycles. The highest BCUT2D eigenvalue weighted by molar-refractivity contribution is 7.99. The third kappa shape index (κ3) is 2.45. The van der Waals surface area contributed by atoms with Gasteiger partial charge in [0.2, 0.25) is 0 Å². The minimum absolute atomic E-state index is 0.751. The second-order valence-electron chi connectivity index (χ2n) is 2.62.